The molecule has 3 heterocycles. The number of piperidine rings is 1. The summed E-state index contributed by atoms with van der Waals surface area (Å²) in [5.74, 6) is 0.398. The number of aryl methyl sites for hydroxylation is 2. The number of fused-ring (bicyclic) bond motifs is 2. The van der Waals surface area contributed by atoms with Crippen LogP contribution in [0.5, 0.6) is 0 Å². The molecule has 200 valence electrons. The van der Waals surface area contributed by atoms with Gasteiger partial charge < -0.3 is 0 Å². The van der Waals surface area contributed by atoms with E-state index in [-0.39, 0.29) is 33.9 Å². The number of aromatic nitrogens is 4. The molecule has 39 heavy (non-hydrogen) atoms. The molecule has 4 aromatic rings. The van der Waals surface area contributed by atoms with Crippen molar-refractivity contribution in [1.29, 1.82) is 0 Å². The molecule has 0 bridgehead atoms. The van der Waals surface area contributed by atoms with Gasteiger partial charge in [0.25, 0.3) is 0 Å². The number of sulfonamides is 1. The number of nitrogens with zero attached hydrogens (tertiary/aromatic N) is 5. The third-order valence-electron chi connectivity index (χ3n) is 8.75. The van der Waals surface area contributed by atoms with Crippen LogP contribution in [-0.2, 0) is 22.5 Å². The van der Waals surface area contributed by atoms with Gasteiger partial charge >= 0.3 is 0 Å². The van der Waals surface area contributed by atoms with E-state index >= 15 is 0 Å². The molecule has 0 spiro atoms. The standard InChI is InChI=1S/C29H27ClFN5O2S/c1-18-10-27-20(13-33-36(27)23-8-6-22(31)7-9-23)12-25(18)29-17-35(39(37,38)24-14-32-34(2)15-24)16-26(29)28(29)19-4-3-5-21(30)11-19/h3-10,12-15,19,26,28H,11,16-17H2,1-2H3/t19?,26-,28-,29+/m1/s1. The fourth-order valence-corrected chi connectivity index (χ4v) is 8.77. The maximum Gasteiger partial charge on any atom is 0.246 e. The minimum Gasteiger partial charge on any atom is -0.274 e. The van der Waals surface area contributed by atoms with Crippen molar-refractivity contribution in [3.8, 4) is 5.69 Å². The summed E-state index contributed by atoms with van der Waals surface area (Å²) in [5, 5.41) is 10.5. The van der Waals surface area contributed by atoms with Gasteiger partial charge in [0.05, 0.1) is 23.6 Å². The Hall–Kier alpha value is -3.27. The van der Waals surface area contributed by atoms with Crippen LogP contribution in [-0.4, -0.2) is 45.4 Å². The van der Waals surface area contributed by atoms with E-state index in [1.807, 2.05) is 23.0 Å². The lowest BCUT2D eigenvalue weighted by Gasteiger charge is -2.28. The number of halogens is 2. The Balaban J connectivity index is 1.31. The van der Waals surface area contributed by atoms with Crippen LogP contribution in [0.15, 0.2) is 83.1 Å². The lowest BCUT2D eigenvalue weighted by atomic mass is 9.83. The van der Waals surface area contributed by atoms with Gasteiger partial charge in [0.15, 0.2) is 0 Å². The molecule has 0 amide bonds. The maximum absolute atomic E-state index is 13.6. The molecule has 1 saturated carbocycles. The zero-order valence-corrected chi connectivity index (χ0v) is 23.1. The molecular weight excluding hydrogens is 537 g/mol. The quantitative estimate of drug-likeness (QED) is 0.339. The first-order valence-corrected chi connectivity index (χ1v) is 14.8. The number of hydrogen-bond donors (Lipinski definition) is 0. The second-order valence-electron chi connectivity index (χ2n) is 10.9. The van der Waals surface area contributed by atoms with Gasteiger partial charge in [-0.3, -0.25) is 4.68 Å². The summed E-state index contributed by atoms with van der Waals surface area (Å²) >= 11 is 6.45. The van der Waals surface area contributed by atoms with Gasteiger partial charge in [-0.1, -0.05) is 23.8 Å². The average Bonchev–Trinajstić information content (AvgIpc) is 3.33. The summed E-state index contributed by atoms with van der Waals surface area (Å²) in [6.45, 7) is 2.95. The lowest BCUT2D eigenvalue weighted by molar-refractivity contribution is 0.360. The van der Waals surface area contributed by atoms with Crippen molar-refractivity contribution in [3.05, 3.63) is 95.2 Å². The summed E-state index contributed by atoms with van der Waals surface area (Å²) in [6.07, 6.45) is 11.7. The predicted octanol–water partition coefficient (Wildman–Crippen LogP) is 5.09. The molecule has 0 N–H and O–H groups in total. The highest BCUT2D eigenvalue weighted by atomic mass is 35.5. The minimum atomic E-state index is -3.67. The zero-order valence-electron chi connectivity index (χ0n) is 21.5. The normalized spacial score (nSPS) is 26.7. The van der Waals surface area contributed by atoms with Crippen molar-refractivity contribution in [2.45, 2.75) is 23.7 Å². The number of hydrogen-bond acceptors (Lipinski definition) is 4. The monoisotopic (exact) mass is 563 g/mol. The van der Waals surface area contributed by atoms with Gasteiger partial charge in [-0.2, -0.15) is 14.5 Å². The number of benzene rings is 2. The van der Waals surface area contributed by atoms with Crippen LogP contribution in [0.4, 0.5) is 4.39 Å². The Morgan fingerprint density at radius 2 is 1.92 bits per heavy atom. The predicted molar refractivity (Wildman–Crippen MR) is 148 cm³/mol. The Morgan fingerprint density at radius 1 is 1.13 bits per heavy atom. The highest BCUT2D eigenvalue weighted by molar-refractivity contribution is 7.89. The first-order valence-electron chi connectivity index (χ1n) is 12.9. The first-order chi connectivity index (χ1) is 18.7. The van der Waals surface area contributed by atoms with E-state index in [1.54, 1.807) is 29.7 Å². The Kier molecular flexibility index (Phi) is 5.47. The van der Waals surface area contributed by atoms with Crippen LogP contribution >= 0.6 is 11.6 Å². The highest BCUT2D eigenvalue weighted by Crippen LogP contribution is 2.69. The first kappa shape index (κ1) is 24.7. The van der Waals surface area contributed by atoms with E-state index in [9.17, 15) is 12.8 Å². The van der Waals surface area contributed by atoms with Gasteiger partial charge in [-0.25, -0.2) is 17.5 Å². The maximum atomic E-state index is 13.6. The van der Waals surface area contributed by atoms with Crippen molar-refractivity contribution in [2.24, 2.45) is 24.8 Å². The van der Waals surface area contributed by atoms with Crippen LogP contribution in [0.2, 0.25) is 0 Å². The molecule has 2 fully saturated rings. The van der Waals surface area contributed by atoms with Gasteiger partial charge in [-0.05, 0) is 84.7 Å². The van der Waals surface area contributed by atoms with E-state index in [2.05, 4.69) is 35.3 Å². The molecule has 1 aliphatic heterocycles. The van der Waals surface area contributed by atoms with E-state index in [0.29, 0.717) is 13.1 Å². The molecule has 2 aromatic carbocycles. The van der Waals surface area contributed by atoms with Crippen LogP contribution in [0.1, 0.15) is 17.5 Å². The second kappa shape index (κ2) is 8.61. The topological polar surface area (TPSA) is 73.0 Å². The molecule has 2 aromatic heterocycles. The number of allylic oxidation sites excluding steroid dienone is 4. The van der Waals surface area contributed by atoms with E-state index in [4.69, 9.17) is 11.6 Å². The summed E-state index contributed by atoms with van der Waals surface area (Å²) in [4.78, 5) is 0.217. The Bertz CT molecular complexity index is 1790. The zero-order chi connectivity index (χ0) is 27.1. The second-order valence-corrected chi connectivity index (χ2v) is 13.4. The molecule has 0 radical (unpaired) electrons. The Labute approximate surface area is 231 Å². The van der Waals surface area contributed by atoms with Gasteiger partial charge in [0, 0.05) is 42.2 Å². The average molecular weight is 564 g/mol. The molecule has 2 aliphatic carbocycles. The van der Waals surface area contributed by atoms with Crippen LogP contribution < -0.4 is 0 Å². The fourth-order valence-electron chi connectivity index (χ4n) is 7.01. The minimum absolute atomic E-state index is 0.171. The van der Waals surface area contributed by atoms with E-state index in [1.165, 1.54) is 23.0 Å². The summed E-state index contributed by atoms with van der Waals surface area (Å²) < 4.78 is 45.7. The molecule has 7 nitrogen and oxygen atoms in total. The summed E-state index contributed by atoms with van der Waals surface area (Å²) in [5.41, 5.74) is 3.62. The molecular formula is C29H27ClFN5O2S. The van der Waals surface area contributed by atoms with Crippen molar-refractivity contribution < 1.29 is 12.8 Å². The Morgan fingerprint density at radius 3 is 2.64 bits per heavy atom. The van der Waals surface area contributed by atoms with Crippen molar-refractivity contribution in [1.82, 2.24) is 23.9 Å². The van der Waals surface area contributed by atoms with Crippen LogP contribution in [0.25, 0.3) is 16.6 Å². The van der Waals surface area contributed by atoms with Crippen molar-refractivity contribution in [3.63, 3.8) is 0 Å². The lowest BCUT2D eigenvalue weighted by Crippen LogP contribution is -2.36. The molecule has 1 saturated heterocycles. The van der Waals surface area contributed by atoms with Gasteiger partial charge in [0.1, 0.15) is 10.7 Å². The third kappa shape index (κ3) is 3.74. The van der Waals surface area contributed by atoms with Crippen molar-refractivity contribution >= 4 is 32.5 Å². The smallest absolute Gasteiger partial charge is 0.246 e. The van der Waals surface area contributed by atoms with Crippen LogP contribution in [0, 0.1) is 30.5 Å². The molecule has 10 heteroatoms. The highest BCUT2D eigenvalue weighted by Gasteiger charge is 2.72. The molecule has 3 aliphatic rings. The van der Waals surface area contributed by atoms with Crippen LogP contribution in [0.3, 0.4) is 0 Å². The summed E-state index contributed by atoms with van der Waals surface area (Å²) in [7, 11) is -1.96. The molecule has 7 rings (SSSR count). The van der Waals surface area contributed by atoms with Gasteiger partial charge in [0.2, 0.25) is 10.0 Å². The van der Waals surface area contributed by atoms with E-state index < -0.39 is 10.0 Å². The number of rotatable bonds is 5. The third-order valence-corrected chi connectivity index (χ3v) is 10.8. The van der Waals surface area contributed by atoms with Crippen molar-refractivity contribution in [2.75, 3.05) is 13.1 Å². The van der Waals surface area contributed by atoms with Gasteiger partial charge in [-0.15, -0.1) is 0 Å². The summed E-state index contributed by atoms with van der Waals surface area (Å²) in [6, 6.07) is 10.6. The largest absolute Gasteiger partial charge is 0.274 e. The molecule has 1 unspecified atom stereocenters. The molecule has 4 atom stereocenters. The van der Waals surface area contributed by atoms with E-state index in [0.717, 1.165) is 39.2 Å². The SMILES string of the molecule is Cc1cc2c(cnn2-c2ccc(F)cc2)cc1[C@@]12CN(S(=O)(=O)c3cnn(C)c3)C[C@@H]1[C@H]2C1C=CC=C(Cl)C1. The fraction of sp³-hybridized carbons (Fsp3) is 0.310.